The van der Waals surface area contributed by atoms with E-state index in [9.17, 15) is 14.4 Å². The van der Waals surface area contributed by atoms with E-state index in [0.717, 1.165) is 5.56 Å². The highest BCUT2D eigenvalue weighted by molar-refractivity contribution is 9.10. The minimum atomic E-state index is -0.442. The normalized spacial score (nSPS) is 14.9. The Morgan fingerprint density at radius 2 is 1.76 bits per heavy atom. The predicted molar refractivity (Wildman–Crippen MR) is 121 cm³/mol. The van der Waals surface area contributed by atoms with E-state index in [4.69, 9.17) is 12.2 Å². The largest absolute Gasteiger partial charge is 0.292 e. The predicted octanol–water partition coefficient (Wildman–Crippen LogP) is 3.50. The van der Waals surface area contributed by atoms with E-state index in [-0.39, 0.29) is 18.9 Å². The Morgan fingerprint density at radius 1 is 1.07 bits per heavy atom. The summed E-state index contributed by atoms with van der Waals surface area (Å²) < 4.78 is 1.02. The highest BCUT2D eigenvalue weighted by atomic mass is 79.9. The summed E-state index contributed by atoms with van der Waals surface area (Å²) in [6.45, 7) is 0.132. The van der Waals surface area contributed by atoms with Crippen LogP contribution in [0.4, 0.5) is 0 Å². The number of rotatable bonds is 5. The third kappa shape index (κ3) is 5.53. The molecule has 0 bridgehead atoms. The summed E-state index contributed by atoms with van der Waals surface area (Å²) in [4.78, 5) is 38.6. The van der Waals surface area contributed by atoms with Gasteiger partial charge in [-0.1, -0.05) is 66.4 Å². The van der Waals surface area contributed by atoms with Crippen molar-refractivity contribution in [3.63, 3.8) is 0 Å². The van der Waals surface area contributed by atoms with Crippen LogP contribution in [0.1, 0.15) is 22.3 Å². The first-order valence-electron chi connectivity index (χ1n) is 8.60. The molecule has 3 amide bonds. The molecule has 0 aromatic heterocycles. The summed E-state index contributed by atoms with van der Waals surface area (Å²) in [6.07, 6.45) is 1.78. The Hall–Kier alpha value is -2.49. The van der Waals surface area contributed by atoms with Gasteiger partial charge in [0.05, 0.1) is 10.5 Å². The Kier molecular flexibility index (Phi) is 7.18. The second kappa shape index (κ2) is 9.82. The SMILES string of the molecule is O=C(CCN1C(=O)C(=Cc2ccccc2)SC1=S)NNC(=O)c1ccccc1Br. The van der Waals surface area contributed by atoms with Gasteiger partial charge in [0.2, 0.25) is 5.91 Å². The van der Waals surface area contributed by atoms with Crippen molar-refractivity contribution >= 4 is 68.0 Å². The molecule has 1 fully saturated rings. The lowest BCUT2D eigenvalue weighted by molar-refractivity contribution is -0.124. The number of thioether (sulfide) groups is 1. The van der Waals surface area contributed by atoms with Gasteiger partial charge >= 0.3 is 0 Å². The van der Waals surface area contributed by atoms with E-state index in [1.807, 2.05) is 30.3 Å². The minimum absolute atomic E-state index is 0.00129. The van der Waals surface area contributed by atoms with Crippen LogP contribution in [-0.2, 0) is 9.59 Å². The van der Waals surface area contributed by atoms with Crippen LogP contribution in [0, 0.1) is 0 Å². The van der Waals surface area contributed by atoms with Gasteiger partial charge in [-0.3, -0.25) is 30.1 Å². The lowest BCUT2D eigenvalue weighted by Gasteiger charge is -2.14. The summed E-state index contributed by atoms with van der Waals surface area (Å²) in [5, 5.41) is 0. The molecule has 0 radical (unpaired) electrons. The maximum atomic E-state index is 12.6. The van der Waals surface area contributed by atoms with Crippen LogP contribution in [0.2, 0.25) is 0 Å². The van der Waals surface area contributed by atoms with E-state index in [0.29, 0.717) is 19.3 Å². The first-order chi connectivity index (χ1) is 14.0. The highest BCUT2D eigenvalue weighted by Gasteiger charge is 2.32. The second-order valence-electron chi connectivity index (χ2n) is 5.98. The summed E-state index contributed by atoms with van der Waals surface area (Å²) in [7, 11) is 0. The zero-order chi connectivity index (χ0) is 20.8. The number of halogens is 1. The van der Waals surface area contributed by atoms with E-state index in [2.05, 4.69) is 26.8 Å². The van der Waals surface area contributed by atoms with Crippen LogP contribution in [0.15, 0.2) is 64.0 Å². The molecule has 1 saturated heterocycles. The van der Waals surface area contributed by atoms with Crippen molar-refractivity contribution in [3.05, 3.63) is 75.1 Å². The number of nitrogens with one attached hydrogen (secondary N) is 2. The third-order valence-electron chi connectivity index (χ3n) is 3.97. The molecule has 0 unspecified atom stereocenters. The van der Waals surface area contributed by atoms with Crippen LogP contribution < -0.4 is 10.9 Å². The van der Waals surface area contributed by atoms with Gasteiger partial charge in [0.15, 0.2) is 0 Å². The monoisotopic (exact) mass is 489 g/mol. The number of amides is 3. The number of carbonyl (C=O) groups excluding carboxylic acids is 3. The molecule has 0 saturated carbocycles. The molecule has 1 aliphatic rings. The van der Waals surface area contributed by atoms with E-state index in [1.54, 1.807) is 30.3 Å². The molecule has 2 aromatic carbocycles. The molecule has 9 heteroatoms. The summed E-state index contributed by atoms with van der Waals surface area (Å²) in [5.74, 6) is -1.09. The van der Waals surface area contributed by atoms with Crippen LogP contribution in [0.3, 0.4) is 0 Å². The Morgan fingerprint density at radius 3 is 2.48 bits per heavy atom. The minimum Gasteiger partial charge on any atom is -0.292 e. The smallest absolute Gasteiger partial charge is 0.270 e. The molecule has 29 heavy (non-hydrogen) atoms. The molecule has 148 valence electrons. The van der Waals surface area contributed by atoms with Gasteiger partial charge in [-0.15, -0.1) is 0 Å². The molecule has 2 aromatic rings. The first kappa shape index (κ1) is 21.2. The third-order valence-corrected chi connectivity index (χ3v) is 6.04. The quantitative estimate of drug-likeness (QED) is 0.381. The standard InChI is InChI=1S/C20H16BrN3O3S2/c21-15-9-5-4-8-14(15)18(26)23-22-17(25)10-11-24-19(27)16(29-20(24)28)12-13-6-2-1-3-7-13/h1-9,12H,10-11H2,(H,22,25)(H,23,26). The first-order valence-corrected chi connectivity index (χ1v) is 10.6. The fourth-order valence-electron chi connectivity index (χ4n) is 2.51. The average Bonchev–Trinajstić information content (AvgIpc) is 2.98. The Balaban J connectivity index is 1.52. The molecular weight excluding hydrogens is 474 g/mol. The van der Waals surface area contributed by atoms with Crippen LogP contribution >= 0.6 is 39.9 Å². The summed E-state index contributed by atoms with van der Waals surface area (Å²) in [6, 6.07) is 16.3. The van der Waals surface area contributed by atoms with E-state index in [1.165, 1.54) is 16.7 Å². The molecule has 0 aliphatic carbocycles. The number of nitrogens with zero attached hydrogens (tertiary/aromatic N) is 1. The molecule has 0 spiro atoms. The second-order valence-corrected chi connectivity index (χ2v) is 8.51. The Labute approximate surface area is 185 Å². The van der Waals surface area contributed by atoms with Crippen LogP contribution in [-0.4, -0.2) is 33.5 Å². The lowest BCUT2D eigenvalue weighted by Crippen LogP contribution is -2.43. The molecule has 2 N–H and O–H groups in total. The van der Waals surface area contributed by atoms with E-state index < -0.39 is 11.8 Å². The fourth-order valence-corrected chi connectivity index (χ4v) is 4.28. The number of hydrogen-bond donors (Lipinski definition) is 2. The van der Waals surface area contributed by atoms with E-state index >= 15 is 0 Å². The number of carbonyl (C=O) groups is 3. The zero-order valence-corrected chi connectivity index (χ0v) is 18.3. The molecule has 0 atom stereocenters. The maximum absolute atomic E-state index is 12.6. The van der Waals surface area contributed by atoms with Gasteiger partial charge in [0.25, 0.3) is 11.8 Å². The van der Waals surface area contributed by atoms with Gasteiger partial charge in [-0.05, 0) is 39.7 Å². The van der Waals surface area contributed by atoms with Crippen molar-refractivity contribution < 1.29 is 14.4 Å². The number of thiocarbonyl (C=S) groups is 1. The van der Waals surface area contributed by atoms with Crippen molar-refractivity contribution in [1.82, 2.24) is 15.8 Å². The fraction of sp³-hybridized carbons (Fsp3) is 0.100. The van der Waals surface area contributed by atoms with Crippen molar-refractivity contribution in [2.75, 3.05) is 6.54 Å². The summed E-state index contributed by atoms with van der Waals surface area (Å²) in [5.41, 5.74) is 6.01. The molecular formula is C20H16BrN3O3S2. The Bertz CT molecular complexity index is 995. The van der Waals surface area contributed by atoms with Gasteiger partial charge < -0.3 is 0 Å². The number of benzene rings is 2. The van der Waals surface area contributed by atoms with Crippen molar-refractivity contribution in [1.29, 1.82) is 0 Å². The van der Waals surface area contributed by atoms with Gasteiger partial charge in [-0.25, -0.2) is 0 Å². The lowest BCUT2D eigenvalue weighted by atomic mass is 10.2. The molecule has 3 rings (SSSR count). The van der Waals surface area contributed by atoms with Crippen LogP contribution in [0.5, 0.6) is 0 Å². The molecule has 6 nitrogen and oxygen atoms in total. The van der Waals surface area contributed by atoms with Crippen molar-refractivity contribution in [2.24, 2.45) is 0 Å². The molecule has 1 aliphatic heterocycles. The van der Waals surface area contributed by atoms with Gasteiger partial charge in [0, 0.05) is 17.4 Å². The van der Waals surface area contributed by atoms with Crippen molar-refractivity contribution in [2.45, 2.75) is 6.42 Å². The topological polar surface area (TPSA) is 78.5 Å². The maximum Gasteiger partial charge on any atom is 0.270 e. The molecule has 1 heterocycles. The number of hydrogen-bond acceptors (Lipinski definition) is 5. The van der Waals surface area contributed by atoms with Gasteiger partial charge in [0.1, 0.15) is 4.32 Å². The highest BCUT2D eigenvalue weighted by Crippen LogP contribution is 2.32. The number of hydrazine groups is 1. The van der Waals surface area contributed by atoms with Crippen molar-refractivity contribution in [3.8, 4) is 0 Å². The van der Waals surface area contributed by atoms with Crippen LogP contribution in [0.25, 0.3) is 6.08 Å². The van der Waals surface area contributed by atoms with Gasteiger partial charge in [-0.2, -0.15) is 0 Å². The average molecular weight is 490 g/mol. The summed E-state index contributed by atoms with van der Waals surface area (Å²) >= 11 is 9.76. The zero-order valence-electron chi connectivity index (χ0n) is 15.1.